The van der Waals surface area contributed by atoms with Crippen molar-refractivity contribution < 1.29 is 14.3 Å². The summed E-state index contributed by atoms with van der Waals surface area (Å²) in [6, 6.07) is 0. The molecule has 4 rings (SSSR count). The number of aliphatic imine (C=N–C) groups is 1. The van der Waals surface area contributed by atoms with E-state index in [9.17, 15) is 9.59 Å². The van der Waals surface area contributed by atoms with E-state index in [1.165, 1.54) is 30.6 Å². The normalized spacial score (nSPS) is 30.6. The third-order valence-electron chi connectivity index (χ3n) is 7.44. The Kier molecular flexibility index (Phi) is 8.78. The van der Waals surface area contributed by atoms with Crippen LogP contribution in [0.2, 0.25) is 0 Å². The van der Waals surface area contributed by atoms with Crippen molar-refractivity contribution in [3.8, 4) is 0 Å². The van der Waals surface area contributed by atoms with Crippen LogP contribution in [0.1, 0.15) is 45.4 Å². The van der Waals surface area contributed by atoms with Crippen molar-refractivity contribution in [3.05, 3.63) is 12.2 Å². The van der Waals surface area contributed by atoms with Crippen LogP contribution in [0.25, 0.3) is 0 Å². The Hall–Kier alpha value is -1.16. The molecule has 0 aromatic heterocycles. The van der Waals surface area contributed by atoms with Gasteiger partial charge < -0.3 is 15.4 Å². The molecule has 3 aliphatic carbocycles. The quantitative estimate of drug-likeness (QED) is 0.153. The average Bonchev–Trinajstić information content (AvgIpc) is 3.53. The second kappa shape index (κ2) is 11.1. The first-order valence-corrected chi connectivity index (χ1v) is 11.7. The second-order valence-corrected chi connectivity index (χ2v) is 9.08. The van der Waals surface area contributed by atoms with Gasteiger partial charge in [0, 0.05) is 33.3 Å². The van der Waals surface area contributed by atoms with Gasteiger partial charge in [0.15, 0.2) is 5.96 Å². The lowest BCUT2D eigenvalue weighted by Gasteiger charge is -2.24. The van der Waals surface area contributed by atoms with Crippen molar-refractivity contribution in [1.82, 2.24) is 15.5 Å². The molecule has 2 N–H and O–H groups in total. The molecule has 0 aromatic rings. The summed E-state index contributed by atoms with van der Waals surface area (Å²) in [4.78, 5) is 31.2. The number of guanidine groups is 1. The van der Waals surface area contributed by atoms with Crippen molar-refractivity contribution in [3.63, 3.8) is 0 Å². The number of halogens is 1. The molecule has 1 heterocycles. The number of nitrogens with one attached hydrogen (secondary N) is 2. The number of hydrogen-bond donors (Lipinski definition) is 2. The topological polar surface area (TPSA) is 83.0 Å². The maximum absolute atomic E-state index is 12.8. The Morgan fingerprint density at radius 1 is 1.13 bits per heavy atom. The van der Waals surface area contributed by atoms with Gasteiger partial charge in [-0.15, -0.1) is 24.0 Å². The van der Waals surface area contributed by atoms with Gasteiger partial charge in [-0.1, -0.05) is 25.0 Å². The van der Waals surface area contributed by atoms with Gasteiger partial charge >= 0.3 is 0 Å². The number of carbonyl (C=O) groups excluding carboxylic acids is 2. The number of amides is 2. The van der Waals surface area contributed by atoms with Gasteiger partial charge in [0.2, 0.25) is 11.8 Å². The molecule has 0 spiro atoms. The van der Waals surface area contributed by atoms with Gasteiger partial charge in [0.1, 0.15) is 0 Å². The molecule has 8 heteroatoms. The van der Waals surface area contributed by atoms with E-state index >= 15 is 0 Å². The Morgan fingerprint density at radius 3 is 2.32 bits per heavy atom. The summed E-state index contributed by atoms with van der Waals surface area (Å²) in [5.41, 5.74) is 0. The Labute approximate surface area is 202 Å². The van der Waals surface area contributed by atoms with Crippen LogP contribution >= 0.6 is 24.0 Å². The SMILES string of the molecule is CCOC(CCNC(=NC)NCCN1C(=O)C2C3C=CC(C3)C2C1=O)C1CCCC1.I. The fourth-order valence-corrected chi connectivity index (χ4v) is 6.02. The first kappa shape index (κ1) is 24.5. The van der Waals surface area contributed by atoms with Gasteiger partial charge in [-0.25, -0.2) is 0 Å². The van der Waals surface area contributed by atoms with Crippen LogP contribution in [0, 0.1) is 29.6 Å². The van der Waals surface area contributed by atoms with E-state index < -0.39 is 0 Å². The minimum absolute atomic E-state index is 0. The zero-order chi connectivity index (χ0) is 21.1. The van der Waals surface area contributed by atoms with Crippen LogP contribution in [0.15, 0.2) is 17.1 Å². The Balaban J connectivity index is 0.00000272. The molecule has 0 radical (unpaired) electrons. The van der Waals surface area contributed by atoms with Crippen LogP contribution < -0.4 is 10.6 Å². The van der Waals surface area contributed by atoms with E-state index in [-0.39, 0.29) is 59.5 Å². The minimum Gasteiger partial charge on any atom is -0.378 e. The summed E-state index contributed by atoms with van der Waals surface area (Å²) in [6.45, 7) is 4.52. The van der Waals surface area contributed by atoms with E-state index in [0.717, 1.165) is 26.0 Å². The lowest BCUT2D eigenvalue weighted by molar-refractivity contribution is -0.140. The van der Waals surface area contributed by atoms with Crippen LogP contribution in [-0.2, 0) is 14.3 Å². The van der Waals surface area contributed by atoms with E-state index in [2.05, 4.69) is 34.7 Å². The molecule has 5 atom stereocenters. The largest absolute Gasteiger partial charge is 0.378 e. The smallest absolute Gasteiger partial charge is 0.233 e. The number of allylic oxidation sites excluding steroid dienone is 2. The van der Waals surface area contributed by atoms with Gasteiger partial charge in [-0.05, 0) is 50.4 Å². The lowest BCUT2D eigenvalue weighted by atomic mass is 9.85. The van der Waals surface area contributed by atoms with Crippen molar-refractivity contribution in [2.45, 2.75) is 51.6 Å². The maximum Gasteiger partial charge on any atom is 0.233 e. The molecular formula is C23H37IN4O3. The van der Waals surface area contributed by atoms with Crippen molar-refractivity contribution in [2.24, 2.45) is 34.6 Å². The second-order valence-electron chi connectivity index (χ2n) is 9.08. The summed E-state index contributed by atoms with van der Waals surface area (Å²) in [5.74, 6) is 1.72. The lowest BCUT2D eigenvalue weighted by Crippen LogP contribution is -2.44. The average molecular weight is 544 g/mol. The number of rotatable bonds is 9. The molecule has 3 fully saturated rings. The highest BCUT2D eigenvalue weighted by Gasteiger charge is 2.58. The zero-order valence-electron chi connectivity index (χ0n) is 18.7. The highest BCUT2D eigenvalue weighted by molar-refractivity contribution is 14.0. The summed E-state index contributed by atoms with van der Waals surface area (Å²) in [6.07, 6.45) is 11.7. The predicted octanol–water partition coefficient (Wildman–Crippen LogP) is 2.56. The van der Waals surface area contributed by atoms with Gasteiger partial charge in [-0.3, -0.25) is 19.5 Å². The van der Waals surface area contributed by atoms with Crippen LogP contribution in [-0.4, -0.2) is 62.1 Å². The highest BCUT2D eigenvalue weighted by Crippen LogP contribution is 2.52. The van der Waals surface area contributed by atoms with Crippen LogP contribution in [0.5, 0.6) is 0 Å². The molecule has 7 nitrogen and oxygen atoms in total. The number of imide groups is 1. The molecule has 174 valence electrons. The third-order valence-corrected chi connectivity index (χ3v) is 7.44. The number of fused-ring (bicyclic) bond motifs is 5. The molecule has 2 amide bonds. The molecule has 2 saturated carbocycles. The molecule has 2 bridgehead atoms. The molecule has 5 unspecified atom stereocenters. The number of nitrogens with zero attached hydrogens (tertiary/aromatic N) is 2. The number of ether oxygens (including phenoxy) is 1. The van der Waals surface area contributed by atoms with E-state index in [4.69, 9.17) is 4.74 Å². The minimum atomic E-state index is -0.115. The predicted molar refractivity (Wildman–Crippen MR) is 131 cm³/mol. The number of carbonyl (C=O) groups is 2. The van der Waals surface area contributed by atoms with Crippen molar-refractivity contribution >= 4 is 41.8 Å². The van der Waals surface area contributed by atoms with Crippen LogP contribution in [0.4, 0.5) is 0 Å². The highest BCUT2D eigenvalue weighted by atomic mass is 127. The molecular weight excluding hydrogens is 507 g/mol. The van der Waals surface area contributed by atoms with Gasteiger partial charge in [-0.2, -0.15) is 0 Å². The fourth-order valence-electron chi connectivity index (χ4n) is 6.02. The summed E-state index contributed by atoms with van der Waals surface area (Å²) in [5, 5.41) is 6.61. The van der Waals surface area contributed by atoms with Crippen LogP contribution in [0.3, 0.4) is 0 Å². The standard InChI is InChI=1S/C23H36N4O3.HI/c1-3-30-18(15-6-4-5-7-15)10-11-25-23(24-2)26-12-13-27-21(28)19-16-8-9-17(14-16)20(19)22(27)29;/h8-9,15-20H,3-7,10-14H2,1-2H3,(H2,24,25,26);1H. The molecule has 4 aliphatic rings. The Morgan fingerprint density at radius 2 is 1.74 bits per heavy atom. The first-order chi connectivity index (χ1) is 14.6. The summed E-state index contributed by atoms with van der Waals surface area (Å²) in [7, 11) is 1.74. The van der Waals surface area contributed by atoms with Crippen molar-refractivity contribution in [1.29, 1.82) is 0 Å². The van der Waals surface area contributed by atoms with E-state index in [1.54, 1.807) is 7.05 Å². The molecule has 1 saturated heterocycles. The first-order valence-electron chi connectivity index (χ1n) is 11.7. The Bertz CT molecular complexity index is 677. The number of hydrogen-bond acceptors (Lipinski definition) is 4. The van der Waals surface area contributed by atoms with E-state index in [0.29, 0.717) is 31.1 Å². The molecule has 0 aromatic carbocycles. The van der Waals surface area contributed by atoms with Gasteiger partial charge in [0.05, 0.1) is 17.9 Å². The maximum atomic E-state index is 12.8. The monoisotopic (exact) mass is 544 g/mol. The summed E-state index contributed by atoms with van der Waals surface area (Å²) >= 11 is 0. The van der Waals surface area contributed by atoms with Gasteiger partial charge in [0.25, 0.3) is 0 Å². The summed E-state index contributed by atoms with van der Waals surface area (Å²) < 4.78 is 5.99. The molecule has 1 aliphatic heterocycles. The van der Waals surface area contributed by atoms with Crippen molar-refractivity contribution in [2.75, 3.05) is 33.3 Å². The van der Waals surface area contributed by atoms with E-state index in [1.807, 2.05) is 0 Å². The third kappa shape index (κ3) is 5.10. The molecule has 31 heavy (non-hydrogen) atoms. The number of likely N-dealkylation sites (tertiary alicyclic amines) is 1. The fraction of sp³-hybridized carbons (Fsp3) is 0.783. The zero-order valence-corrected chi connectivity index (χ0v) is 21.0.